The van der Waals surface area contributed by atoms with E-state index in [1.807, 2.05) is 6.07 Å². The molecule has 7 heteroatoms. The summed E-state index contributed by atoms with van der Waals surface area (Å²) in [5, 5.41) is 11.8. The molecule has 1 aromatic carbocycles. The number of amides is 1. The normalized spacial score (nSPS) is 9.78. The maximum absolute atomic E-state index is 11.9. The molecule has 0 saturated carbocycles. The summed E-state index contributed by atoms with van der Waals surface area (Å²) in [6.45, 7) is -0.198. The molecule has 0 radical (unpaired) electrons. The zero-order chi connectivity index (χ0) is 16.8. The number of nitrogens with zero attached hydrogens (tertiary/aromatic N) is 2. The number of methoxy groups -OCH3 is 1. The Morgan fingerprint density at radius 1 is 1.26 bits per heavy atom. The highest BCUT2D eigenvalue weighted by molar-refractivity contribution is 6.29. The zero-order valence-corrected chi connectivity index (χ0v) is 12.9. The molecular formula is C16H12ClN3O3. The van der Waals surface area contributed by atoms with Gasteiger partial charge in [-0.2, -0.15) is 5.26 Å². The van der Waals surface area contributed by atoms with Crippen LogP contribution in [-0.2, 0) is 9.53 Å². The molecule has 0 spiro atoms. The summed E-state index contributed by atoms with van der Waals surface area (Å²) in [6, 6.07) is 11.8. The molecule has 2 rings (SSSR count). The van der Waals surface area contributed by atoms with E-state index in [9.17, 15) is 9.59 Å². The molecule has 6 nitrogen and oxygen atoms in total. The molecule has 0 aliphatic heterocycles. The van der Waals surface area contributed by atoms with Gasteiger partial charge in [-0.05, 0) is 29.8 Å². The lowest BCUT2D eigenvalue weighted by atomic mass is 10.0. The average molecular weight is 330 g/mol. The standard InChI is InChI=1S/C16H12ClN3O3/c1-23-15(21)9-19-16(22)11-4-2-10(3-5-11)12-6-7-14(17)20-13(12)8-18/h2-7H,9H2,1H3,(H,19,22). The van der Waals surface area contributed by atoms with Crippen molar-refractivity contribution in [2.45, 2.75) is 0 Å². The number of aromatic nitrogens is 1. The number of rotatable bonds is 4. The molecule has 0 unspecified atom stereocenters. The Morgan fingerprint density at radius 2 is 1.96 bits per heavy atom. The van der Waals surface area contributed by atoms with Crippen LogP contribution < -0.4 is 5.32 Å². The van der Waals surface area contributed by atoms with Crippen LogP contribution in [0.1, 0.15) is 16.1 Å². The van der Waals surface area contributed by atoms with Crippen molar-refractivity contribution >= 4 is 23.5 Å². The quantitative estimate of drug-likeness (QED) is 0.685. The largest absolute Gasteiger partial charge is 0.468 e. The average Bonchev–Trinajstić information content (AvgIpc) is 2.59. The molecule has 0 bridgehead atoms. The van der Waals surface area contributed by atoms with Gasteiger partial charge in [-0.25, -0.2) is 4.98 Å². The Morgan fingerprint density at radius 3 is 2.57 bits per heavy atom. The second-order valence-corrected chi connectivity index (χ2v) is 4.87. The molecule has 2 aromatic rings. The molecule has 1 N–H and O–H groups in total. The molecule has 1 aromatic heterocycles. The number of hydrogen-bond acceptors (Lipinski definition) is 5. The van der Waals surface area contributed by atoms with E-state index in [0.717, 1.165) is 5.56 Å². The number of benzene rings is 1. The molecule has 0 saturated heterocycles. The van der Waals surface area contributed by atoms with Crippen LogP contribution in [0.25, 0.3) is 11.1 Å². The van der Waals surface area contributed by atoms with E-state index >= 15 is 0 Å². The van der Waals surface area contributed by atoms with Gasteiger partial charge in [0.05, 0.1) is 7.11 Å². The Labute approximate surface area is 137 Å². The van der Waals surface area contributed by atoms with Crippen LogP contribution in [0.2, 0.25) is 5.15 Å². The first-order valence-corrected chi connectivity index (χ1v) is 6.95. The number of hydrogen-bond donors (Lipinski definition) is 1. The minimum Gasteiger partial charge on any atom is -0.468 e. The number of esters is 1. The van der Waals surface area contributed by atoms with Crippen molar-refractivity contribution in [2.24, 2.45) is 0 Å². The van der Waals surface area contributed by atoms with Gasteiger partial charge in [0.1, 0.15) is 23.5 Å². The zero-order valence-electron chi connectivity index (χ0n) is 12.2. The molecule has 1 amide bonds. The van der Waals surface area contributed by atoms with Crippen LogP contribution in [0.15, 0.2) is 36.4 Å². The smallest absolute Gasteiger partial charge is 0.325 e. The van der Waals surface area contributed by atoms with Gasteiger partial charge in [0.15, 0.2) is 0 Å². The molecule has 0 fully saturated rings. The van der Waals surface area contributed by atoms with Gasteiger partial charge in [-0.15, -0.1) is 0 Å². The fourth-order valence-electron chi connectivity index (χ4n) is 1.88. The minimum absolute atomic E-state index is 0.198. The summed E-state index contributed by atoms with van der Waals surface area (Å²) in [6.07, 6.45) is 0. The van der Waals surface area contributed by atoms with Crippen LogP contribution in [0, 0.1) is 11.3 Å². The van der Waals surface area contributed by atoms with Crippen LogP contribution in [0.4, 0.5) is 0 Å². The Hall–Kier alpha value is -2.91. The Bertz CT molecular complexity index is 782. The van der Waals surface area contributed by atoms with Gasteiger partial charge in [-0.1, -0.05) is 23.7 Å². The maximum Gasteiger partial charge on any atom is 0.325 e. The lowest BCUT2D eigenvalue weighted by molar-refractivity contribution is -0.139. The van der Waals surface area contributed by atoms with Gasteiger partial charge in [-0.3, -0.25) is 9.59 Å². The van der Waals surface area contributed by atoms with Gasteiger partial charge in [0.25, 0.3) is 5.91 Å². The third-order valence-electron chi connectivity index (χ3n) is 3.05. The second-order valence-electron chi connectivity index (χ2n) is 4.48. The molecule has 23 heavy (non-hydrogen) atoms. The van der Waals surface area contributed by atoms with E-state index < -0.39 is 11.9 Å². The first-order valence-electron chi connectivity index (χ1n) is 6.57. The van der Waals surface area contributed by atoms with Crippen molar-refractivity contribution in [1.82, 2.24) is 10.3 Å². The predicted molar refractivity (Wildman–Crippen MR) is 83.7 cm³/mol. The van der Waals surface area contributed by atoms with Crippen molar-refractivity contribution in [3.8, 4) is 17.2 Å². The fourth-order valence-corrected chi connectivity index (χ4v) is 2.03. The number of carbonyl (C=O) groups excluding carboxylic acids is 2. The first kappa shape index (κ1) is 16.5. The molecule has 0 atom stereocenters. The molecule has 1 heterocycles. The van der Waals surface area contributed by atoms with Crippen molar-refractivity contribution < 1.29 is 14.3 Å². The van der Waals surface area contributed by atoms with Gasteiger partial charge >= 0.3 is 5.97 Å². The summed E-state index contributed by atoms with van der Waals surface area (Å²) < 4.78 is 4.45. The van der Waals surface area contributed by atoms with Crippen molar-refractivity contribution in [3.05, 3.63) is 52.8 Å². The van der Waals surface area contributed by atoms with Crippen molar-refractivity contribution in [2.75, 3.05) is 13.7 Å². The van der Waals surface area contributed by atoms with E-state index in [4.69, 9.17) is 16.9 Å². The van der Waals surface area contributed by atoms with Gasteiger partial charge in [0, 0.05) is 11.1 Å². The number of nitrogens with one attached hydrogen (secondary N) is 1. The monoisotopic (exact) mass is 329 g/mol. The number of ether oxygens (including phenoxy) is 1. The molecule has 0 aliphatic carbocycles. The lowest BCUT2D eigenvalue weighted by Crippen LogP contribution is -2.30. The summed E-state index contributed by atoms with van der Waals surface area (Å²) in [4.78, 5) is 26.8. The van der Waals surface area contributed by atoms with Crippen LogP contribution in [0.3, 0.4) is 0 Å². The third-order valence-corrected chi connectivity index (χ3v) is 3.26. The van der Waals surface area contributed by atoms with Gasteiger partial charge < -0.3 is 10.1 Å². The maximum atomic E-state index is 11.9. The van der Waals surface area contributed by atoms with E-state index in [-0.39, 0.29) is 17.4 Å². The summed E-state index contributed by atoms with van der Waals surface area (Å²) in [7, 11) is 1.25. The molecule has 116 valence electrons. The van der Waals surface area contributed by atoms with Crippen LogP contribution in [0.5, 0.6) is 0 Å². The van der Waals surface area contributed by atoms with E-state index in [2.05, 4.69) is 15.0 Å². The SMILES string of the molecule is COC(=O)CNC(=O)c1ccc(-c2ccc(Cl)nc2C#N)cc1. The van der Waals surface area contributed by atoms with Crippen molar-refractivity contribution in [1.29, 1.82) is 5.26 Å². The number of pyridine rings is 1. The number of halogens is 1. The van der Waals surface area contributed by atoms with Gasteiger partial charge in [0.2, 0.25) is 0 Å². The minimum atomic E-state index is -0.527. The third kappa shape index (κ3) is 4.05. The highest BCUT2D eigenvalue weighted by atomic mass is 35.5. The molecule has 0 aliphatic rings. The number of nitriles is 1. The Kier molecular flexibility index (Phi) is 5.28. The topological polar surface area (TPSA) is 92.1 Å². The van der Waals surface area contributed by atoms with Crippen LogP contribution in [-0.4, -0.2) is 30.5 Å². The number of carbonyl (C=O) groups is 2. The summed E-state index contributed by atoms with van der Waals surface area (Å²) in [5.41, 5.74) is 1.95. The summed E-state index contributed by atoms with van der Waals surface area (Å²) in [5.74, 6) is -0.919. The highest BCUT2D eigenvalue weighted by Crippen LogP contribution is 2.24. The van der Waals surface area contributed by atoms with Crippen LogP contribution >= 0.6 is 11.6 Å². The molecular weight excluding hydrogens is 318 g/mol. The first-order chi connectivity index (χ1) is 11.0. The van der Waals surface area contributed by atoms with E-state index in [1.54, 1.807) is 36.4 Å². The predicted octanol–water partition coefficient (Wildman–Crippen LogP) is 2.18. The lowest BCUT2D eigenvalue weighted by Gasteiger charge is -2.07. The second kappa shape index (κ2) is 7.38. The fraction of sp³-hybridized carbons (Fsp3) is 0.125. The highest BCUT2D eigenvalue weighted by Gasteiger charge is 2.10. The summed E-state index contributed by atoms with van der Waals surface area (Å²) >= 11 is 5.77. The van der Waals surface area contributed by atoms with E-state index in [0.29, 0.717) is 11.1 Å². The Balaban J connectivity index is 2.18. The van der Waals surface area contributed by atoms with E-state index in [1.165, 1.54) is 7.11 Å². The van der Waals surface area contributed by atoms with Crippen molar-refractivity contribution in [3.63, 3.8) is 0 Å².